The monoisotopic (exact) mass is 334 g/mol. The fraction of sp³-hybridized carbons (Fsp3) is 0.235. The predicted molar refractivity (Wildman–Crippen MR) is 86.2 cm³/mol. The highest BCUT2D eigenvalue weighted by molar-refractivity contribution is 5.93. The number of aromatic nitrogens is 4. The number of nitriles is 1. The Labute approximate surface area is 143 Å². The molecule has 3 aromatic heterocycles. The van der Waals surface area contributed by atoms with Crippen LogP contribution in [0.2, 0.25) is 0 Å². The number of hydrogen-bond acceptors (Lipinski definition) is 6. The zero-order valence-electron chi connectivity index (χ0n) is 13.2. The molecule has 1 aliphatic rings. The van der Waals surface area contributed by atoms with Crippen LogP contribution in [-0.2, 0) is 0 Å². The Balaban J connectivity index is 1.47. The SMILES string of the molecule is N#Cc1cnn(C2CCN(C(=O)c3cc(-c4cccnc4)on3)C2)c1. The summed E-state index contributed by atoms with van der Waals surface area (Å²) in [6.07, 6.45) is 7.34. The van der Waals surface area contributed by atoms with E-state index in [1.54, 1.807) is 40.3 Å². The molecule has 0 aliphatic carbocycles. The van der Waals surface area contributed by atoms with Gasteiger partial charge in [-0.15, -0.1) is 0 Å². The average Bonchev–Trinajstić information content (AvgIpc) is 3.41. The highest BCUT2D eigenvalue weighted by atomic mass is 16.5. The van der Waals surface area contributed by atoms with Gasteiger partial charge in [0, 0.05) is 43.3 Å². The number of nitrogens with zero attached hydrogens (tertiary/aromatic N) is 6. The van der Waals surface area contributed by atoms with Crippen molar-refractivity contribution in [2.24, 2.45) is 0 Å². The van der Waals surface area contributed by atoms with Gasteiger partial charge >= 0.3 is 0 Å². The maximum absolute atomic E-state index is 12.6. The summed E-state index contributed by atoms with van der Waals surface area (Å²) in [5, 5.41) is 17.0. The highest BCUT2D eigenvalue weighted by Crippen LogP contribution is 2.24. The molecule has 4 rings (SSSR count). The van der Waals surface area contributed by atoms with Crippen LogP contribution in [0.5, 0.6) is 0 Å². The summed E-state index contributed by atoms with van der Waals surface area (Å²) in [5.74, 6) is 0.340. The number of likely N-dealkylation sites (tertiary alicyclic amines) is 1. The maximum Gasteiger partial charge on any atom is 0.276 e. The van der Waals surface area contributed by atoms with Crippen molar-refractivity contribution in [3.63, 3.8) is 0 Å². The predicted octanol–water partition coefficient (Wildman–Crippen LogP) is 1.89. The second-order valence-corrected chi connectivity index (χ2v) is 5.83. The van der Waals surface area contributed by atoms with Gasteiger partial charge in [0.25, 0.3) is 5.91 Å². The normalized spacial score (nSPS) is 16.8. The number of carbonyl (C=O) groups is 1. The van der Waals surface area contributed by atoms with E-state index < -0.39 is 0 Å². The summed E-state index contributed by atoms with van der Waals surface area (Å²) < 4.78 is 7.02. The lowest BCUT2D eigenvalue weighted by molar-refractivity contribution is 0.0777. The lowest BCUT2D eigenvalue weighted by Crippen LogP contribution is -2.29. The van der Waals surface area contributed by atoms with Crippen molar-refractivity contribution in [3.8, 4) is 17.4 Å². The van der Waals surface area contributed by atoms with Crippen LogP contribution in [0.4, 0.5) is 0 Å². The first kappa shape index (κ1) is 15.1. The van der Waals surface area contributed by atoms with Crippen LogP contribution in [0.1, 0.15) is 28.5 Å². The quantitative estimate of drug-likeness (QED) is 0.725. The van der Waals surface area contributed by atoms with Crippen LogP contribution < -0.4 is 0 Å². The van der Waals surface area contributed by atoms with Gasteiger partial charge in [-0.1, -0.05) is 5.16 Å². The Kier molecular flexibility index (Phi) is 3.74. The molecule has 0 bridgehead atoms. The first-order valence-corrected chi connectivity index (χ1v) is 7.85. The van der Waals surface area contributed by atoms with Crippen LogP contribution in [0, 0.1) is 11.3 Å². The fourth-order valence-electron chi connectivity index (χ4n) is 2.92. The van der Waals surface area contributed by atoms with Crippen LogP contribution >= 0.6 is 0 Å². The second-order valence-electron chi connectivity index (χ2n) is 5.83. The van der Waals surface area contributed by atoms with E-state index in [0.717, 1.165) is 12.0 Å². The minimum absolute atomic E-state index is 0.0655. The van der Waals surface area contributed by atoms with Crippen molar-refractivity contribution in [2.75, 3.05) is 13.1 Å². The molecular weight excluding hydrogens is 320 g/mol. The van der Waals surface area contributed by atoms with E-state index in [9.17, 15) is 4.79 Å². The van der Waals surface area contributed by atoms with Gasteiger partial charge in [-0.05, 0) is 18.6 Å². The van der Waals surface area contributed by atoms with Crippen molar-refractivity contribution in [3.05, 3.63) is 54.2 Å². The van der Waals surface area contributed by atoms with Gasteiger partial charge in [0.15, 0.2) is 11.5 Å². The lowest BCUT2D eigenvalue weighted by atomic mass is 10.2. The molecule has 1 saturated heterocycles. The third-order valence-corrected chi connectivity index (χ3v) is 4.23. The van der Waals surface area contributed by atoms with Crippen molar-refractivity contribution in [1.29, 1.82) is 5.26 Å². The fourth-order valence-corrected chi connectivity index (χ4v) is 2.92. The van der Waals surface area contributed by atoms with E-state index in [4.69, 9.17) is 9.78 Å². The van der Waals surface area contributed by atoms with E-state index in [1.807, 2.05) is 6.07 Å². The van der Waals surface area contributed by atoms with Gasteiger partial charge in [-0.3, -0.25) is 14.5 Å². The summed E-state index contributed by atoms with van der Waals surface area (Å²) in [6.45, 7) is 1.14. The Morgan fingerprint density at radius 3 is 3.08 bits per heavy atom. The van der Waals surface area contributed by atoms with Gasteiger partial charge < -0.3 is 9.42 Å². The summed E-state index contributed by atoms with van der Waals surface area (Å²) in [7, 11) is 0. The average molecular weight is 334 g/mol. The molecule has 1 fully saturated rings. The van der Waals surface area contributed by atoms with Gasteiger partial charge in [0.2, 0.25) is 0 Å². The Hall–Kier alpha value is -3.47. The Bertz CT molecular complexity index is 939. The molecule has 0 radical (unpaired) electrons. The van der Waals surface area contributed by atoms with Crippen LogP contribution in [0.25, 0.3) is 11.3 Å². The third-order valence-electron chi connectivity index (χ3n) is 4.23. The molecule has 0 N–H and O–H groups in total. The number of hydrogen-bond donors (Lipinski definition) is 0. The smallest absolute Gasteiger partial charge is 0.276 e. The van der Waals surface area contributed by atoms with E-state index in [2.05, 4.69) is 21.3 Å². The Morgan fingerprint density at radius 1 is 1.40 bits per heavy atom. The van der Waals surface area contributed by atoms with Crippen LogP contribution in [0.3, 0.4) is 0 Å². The number of carbonyl (C=O) groups excluding carboxylic acids is 1. The molecule has 3 aromatic rings. The molecule has 8 heteroatoms. The molecule has 1 aliphatic heterocycles. The van der Waals surface area contributed by atoms with Crippen molar-refractivity contribution in [2.45, 2.75) is 12.5 Å². The topological polar surface area (TPSA) is 101 Å². The van der Waals surface area contributed by atoms with Gasteiger partial charge in [0.05, 0.1) is 17.8 Å². The molecule has 0 saturated carbocycles. The largest absolute Gasteiger partial charge is 0.355 e. The summed E-state index contributed by atoms with van der Waals surface area (Å²) in [5.41, 5.74) is 1.56. The van der Waals surface area contributed by atoms with Gasteiger partial charge in [0.1, 0.15) is 6.07 Å². The number of amides is 1. The molecule has 0 aromatic carbocycles. The molecule has 4 heterocycles. The molecule has 0 spiro atoms. The zero-order chi connectivity index (χ0) is 17.2. The van der Waals surface area contributed by atoms with Crippen LogP contribution in [-0.4, -0.2) is 43.8 Å². The molecule has 25 heavy (non-hydrogen) atoms. The molecule has 8 nitrogen and oxygen atoms in total. The molecular formula is C17H14N6O2. The number of pyridine rings is 1. The summed E-state index contributed by atoms with van der Waals surface area (Å²) in [4.78, 5) is 18.4. The summed E-state index contributed by atoms with van der Waals surface area (Å²) in [6, 6.07) is 7.40. The van der Waals surface area contributed by atoms with E-state index in [1.165, 1.54) is 6.20 Å². The van der Waals surface area contributed by atoms with E-state index in [0.29, 0.717) is 24.4 Å². The minimum atomic E-state index is -0.172. The molecule has 1 unspecified atom stereocenters. The van der Waals surface area contributed by atoms with Crippen molar-refractivity contribution in [1.82, 2.24) is 24.8 Å². The lowest BCUT2D eigenvalue weighted by Gasteiger charge is -2.14. The van der Waals surface area contributed by atoms with E-state index in [-0.39, 0.29) is 17.6 Å². The highest BCUT2D eigenvalue weighted by Gasteiger charge is 2.30. The second kappa shape index (κ2) is 6.20. The Morgan fingerprint density at radius 2 is 2.32 bits per heavy atom. The maximum atomic E-state index is 12.6. The van der Waals surface area contributed by atoms with Gasteiger partial charge in [-0.25, -0.2) is 0 Å². The standard InChI is InChI=1S/C17H14N6O2/c18-7-12-8-20-23(10-12)14-3-5-22(11-14)17(24)15-6-16(25-21-15)13-2-1-4-19-9-13/h1-2,4,6,8-10,14H,3,5,11H2. The molecule has 124 valence electrons. The van der Waals surface area contributed by atoms with E-state index >= 15 is 0 Å². The first-order valence-electron chi connectivity index (χ1n) is 7.85. The number of rotatable bonds is 3. The van der Waals surface area contributed by atoms with Crippen molar-refractivity contribution < 1.29 is 9.32 Å². The molecule has 1 atom stereocenters. The van der Waals surface area contributed by atoms with Crippen LogP contribution in [0.15, 0.2) is 47.5 Å². The molecule has 1 amide bonds. The van der Waals surface area contributed by atoms with Crippen molar-refractivity contribution >= 4 is 5.91 Å². The minimum Gasteiger partial charge on any atom is -0.355 e. The zero-order valence-corrected chi connectivity index (χ0v) is 13.2. The van der Waals surface area contributed by atoms with Gasteiger partial charge in [-0.2, -0.15) is 10.4 Å². The first-order chi connectivity index (χ1) is 12.2. The third kappa shape index (κ3) is 2.87. The summed E-state index contributed by atoms with van der Waals surface area (Å²) >= 11 is 0.